The Morgan fingerprint density at radius 1 is 1.37 bits per heavy atom. The molecule has 19 heavy (non-hydrogen) atoms. The number of rotatable bonds is 1. The third kappa shape index (κ3) is 2.00. The Morgan fingerprint density at radius 3 is 2.89 bits per heavy atom. The maximum Gasteiger partial charge on any atom is 0.249 e. The molecular weight excluding hydrogens is 310 g/mol. The molecule has 2 aliphatic rings. The summed E-state index contributed by atoms with van der Waals surface area (Å²) >= 11 is 3.54. The molecule has 2 aliphatic heterocycles. The number of halogens is 1. The van der Waals surface area contributed by atoms with Crippen molar-refractivity contribution in [1.82, 2.24) is 5.32 Å². The number of hydrogen-bond donors (Lipinski definition) is 1. The Labute approximate surface area is 119 Å². The second-order valence-corrected chi connectivity index (χ2v) is 5.74. The molecule has 1 aromatic rings. The van der Waals surface area contributed by atoms with Gasteiger partial charge in [0.2, 0.25) is 11.8 Å². The molecule has 1 fully saturated rings. The molecule has 0 aromatic heterocycles. The molecule has 1 aromatic carbocycles. The number of nitrogens with zero attached hydrogens (tertiary/aromatic N) is 2. The first-order valence-electron chi connectivity index (χ1n) is 6.18. The number of amides is 2. The van der Waals surface area contributed by atoms with Gasteiger partial charge in [-0.25, -0.2) is 0 Å². The van der Waals surface area contributed by atoms with Gasteiger partial charge in [-0.15, -0.1) is 0 Å². The summed E-state index contributed by atoms with van der Waals surface area (Å²) in [5.41, 5.74) is 2.12. The van der Waals surface area contributed by atoms with Gasteiger partial charge in [-0.1, -0.05) is 6.07 Å². The lowest BCUT2D eigenvalue weighted by Crippen LogP contribution is -2.53. The van der Waals surface area contributed by atoms with Crippen molar-refractivity contribution >= 4 is 39.1 Å². The Balaban J connectivity index is 1.95. The fourth-order valence-corrected chi connectivity index (χ4v) is 3.39. The van der Waals surface area contributed by atoms with Gasteiger partial charge in [0.25, 0.3) is 0 Å². The first-order chi connectivity index (χ1) is 9.08. The predicted molar refractivity (Wildman–Crippen MR) is 76.1 cm³/mol. The van der Waals surface area contributed by atoms with Crippen LogP contribution >= 0.6 is 15.9 Å². The summed E-state index contributed by atoms with van der Waals surface area (Å²) in [7, 11) is 2.00. The first kappa shape index (κ1) is 12.5. The molecule has 0 spiro atoms. The molecule has 2 amide bonds. The molecule has 100 valence electrons. The Morgan fingerprint density at radius 2 is 2.16 bits per heavy atom. The van der Waals surface area contributed by atoms with E-state index in [9.17, 15) is 9.59 Å². The SMILES string of the molecule is CN1CN(C2CCC(=O)NC2=O)c2cccc(Br)c21. The highest BCUT2D eigenvalue weighted by Gasteiger charge is 2.37. The lowest BCUT2D eigenvalue weighted by molar-refractivity contribution is -0.134. The first-order valence-corrected chi connectivity index (χ1v) is 6.97. The topological polar surface area (TPSA) is 52.6 Å². The molecule has 1 N–H and O–H groups in total. The van der Waals surface area contributed by atoms with Gasteiger partial charge in [-0.2, -0.15) is 0 Å². The van der Waals surface area contributed by atoms with Gasteiger partial charge in [0, 0.05) is 17.9 Å². The second-order valence-electron chi connectivity index (χ2n) is 4.88. The zero-order valence-corrected chi connectivity index (χ0v) is 12.1. The number of para-hydroxylation sites is 1. The highest BCUT2D eigenvalue weighted by molar-refractivity contribution is 9.10. The van der Waals surface area contributed by atoms with Gasteiger partial charge in [0.05, 0.1) is 18.0 Å². The highest BCUT2D eigenvalue weighted by atomic mass is 79.9. The standard InChI is InChI=1S/C13H14BrN3O2/c1-16-7-17(9-4-2-3-8(14)12(9)16)10-5-6-11(18)15-13(10)19/h2-4,10H,5-7H2,1H3,(H,15,18,19). The minimum Gasteiger partial charge on any atom is -0.354 e. The van der Waals surface area contributed by atoms with Gasteiger partial charge in [0.1, 0.15) is 6.04 Å². The number of piperidine rings is 1. The van der Waals surface area contributed by atoms with Crippen molar-refractivity contribution < 1.29 is 9.59 Å². The maximum atomic E-state index is 12.0. The van der Waals surface area contributed by atoms with Crippen molar-refractivity contribution in [1.29, 1.82) is 0 Å². The number of imide groups is 1. The number of fused-ring (bicyclic) bond motifs is 1. The van der Waals surface area contributed by atoms with Crippen LogP contribution in [0.25, 0.3) is 0 Å². The van der Waals surface area contributed by atoms with Gasteiger partial charge < -0.3 is 9.80 Å². The third-order valence-corrected chi connectivity index (χ3v) is 4.25. The third-order valence-electron chi connectivity index (χ3n) is 3.61. The smallest absolute Gasteiger partial charge is 0.249 e. The highest BCUT2D eigenvalue weighted by Crippen LogP contribution is 2.42. The number of anilines is 2. The molecular formula is C13H14BrN3O2. The van der Waals surface area contributed by atoms with Gasteiger partial charge >= 0.3 is 0 Å². The van der Waals surface area contributed by atoms with Crippen LogP contribution in [-0.2, 0) is 9.59 Å². The largest absolute Gasteiger partial charge is 0.354 e. The van der Waals surface area contributed by atoms with E-state index in [1.807, 2.05) is 25.2 Å². The molecule has 1 atom stereocenters. The normalized spacial score (nSPS) is 22.5. The maximum absolute atomic E-state index is 12.0. The summed E-state index contributed by atoms with van der Waals surface area (Å²) in [6.07, 6.45) is 0.977. The summed E-state index contributed by atoms with van der Waals surface area (Å²) in [6.45, 7) is 0.657. The van der Waals surface area contributed by atoms with Crippen molar-refractivity contribution in [3.05, 3.63) is 22.7 Å². The average molecular weight is 324 g/mol. The minimum atomic E-state index is -0.268. The van der Waals surface area contributed by atoms with Crippen LogP contribution < -0.4 is 15.1 Å². The number of carbonyl (C=O) groups excluding carboxylic acids is 2. The summed E-state index contributed by atoms with van der Waals surface area (Å²) < 4.78 is 1.02. The van der Waals surface area contributed by atoms with E-state index >= 15 is 0 Å². The average Bonchev–Trinajstić information content (AvgIpc) is 2.68. The van der Waals surface area contributed by atoms with Crippen LogP contribution in [0.4, 0.5) is 11.4 Å². The number of benzene rings is 1. The quantitative estimate of drug-likeness (QED) is 0.795. The van der Waals surface area contributed by atoms with E-state index in [2.05, 4.69) is 31.0 Å². The molecule has 0 aliphatic carbocycles. The Hall–Kier alpha value is -1.56. The van der Waals surface area contributed by atoms with E-state index in [1.165, 1.54) is 0 Å². The van der Waals surface area contributed by atoms with Crippen molar-refractivity contribution in [3.8, 4) is 0 Å². The molecule has 0 saturated carbocycles. The summed E-state index contributed by atoms with van der Waals surface area (Å²) in [6, 6.07) is 5.69. The lowest BCUT2D eigenvalue weighted by Gasteiger charge is -2.31. The predicted octanol–water partition coefficient (Wildman–Crippen LogP) is 1.47. The fourth-order valence-electron chi connectivity index (χ4n) is 2.73. The second kappa shape index (κ2) is 4.52. The summed E-state index contributed by atoms with van der Waals surface area (Å²) in [4.78, 5) is 27.4. The summed E-state index contributed by atoms with van der Waals surface area (Å²) in [5.74, 6) is -0.374. The van der Waals surface area contributed by atoms with Crippen molar-refractivity contribution in [3.63, 3.8) is 0 Å². The molecule has 6 heteroatoms. The van der Waals surface area contributed by atoms with E-state index in [-0.39, 0.29) is 17.9 Å². The van der Waals surface area contributed by atoms with E-state index in [0.717, 1.165) is 15.8 Å². The minimum absolute atomic E-state index is 0.178. The zero-order valence-electron chi connectivity index (χ0n) is 10.5. The van der Waals surface area contributed by atoms with Crippen LogP contribution in [0, 0.1) is 0 Å². The van der Waals surface area contributed by atoms with Crippen LogP contribution in [0.3, 0.4) is 0 Å². The number of nitrogens with one attached hydrogen (secondary N) is 1. The molecule has 3 rings (SSSR count). The van der Waals surface area contributed by atoms with Crippen LogP contribution in [0.2, 0.25) is 0 Å². The number of hydrogen-bond acceptors (Lipinski definition) is 4. The van der Waals surface area contributed by atoms with Crippen molar-refractivity contribution in [2.24, 2.45) is 0 Å². The van der Waals surface area contributed by atoms with E-state index in [4.69, 9.17) is 0 Å². The molecule has 0 bridgehead atoms. The van der Waals surface area contributed by atoms with Crippen molar-refractivity contribution in [2.75, 3.05) is 23.5 Å². The van der Waals surface area contributed by atoms with E-state index < -0.39 is 0 Å². The van der Waals surface area contributed by atoms with E-state index in [1.54, 1.807) is 0 Å². The van der Waals surface area contributed by atoms with E-state index in [0.29, 0.717) is 19.5 Å². The molecule has 5 nitrogen and oxygen atoms in total. The van der Waals surface area contributed by atoms with Gasteiger partial charge in [-0.3, -0.25) is 14.9 Å². The van der Waals surface area contributed by atoms with Crippen LogP contribution in [-0.4, -0.2) is 31.6 Å². The summed E-state index contributed by atoms with van der Waals surface area (Å²) in [5, 5.41) is 2.42. The molecule has 2 heterocycles. The Kier molecular flexibility index (Phi) is 2.97. The zero-order chi connectivity index (χ0) is 13.6. The molecule has 1 saturated heterocycles. The number of carbonyl (C=O) groups is 2. The Bertz CT molecular complexity index is 561. The van der Waals surface area contributed by atoms with Gasteiger partial charge in [-0.05, 0) is 34.5 Å². The van der Waals surface area contributed by atoms with Gasteiger partial charge in [0.15, 0.2) is 0 Å². The lowest BCUT2D eigenvalue weighted by atomic mass is 10.0. The monoisotopic (exact) mass is 323 g/mol. The van der Waals surface area contributed by atoms with Crippen molar-refractivity contribution in [2.45, 2.75) is 18.9 Å². The van der Waals surface area contributed by atoms with Crippen LogP contribution in [0.1, 0.15) is 12.8 Å². The fraction of sp³-hybridized carbons (Fsp3) is 0.385. The van der Waals surface area contributed by atoms with Crippen LogP contribution in [0.5, 0.6) is 0 Å². The van der Waals surface area contributed by atoms with Crippen LogP contribution in [0.15, 0.2) is 22.7 Å². The molecule has 0 radical (unpaired) electrons. The molecule has 1 unspecified atom stereocenters.